The molecule has 11 nitrogen and oxygen atoms in total. The van der Waals surface area contributed by atoms with E-state index in [1.165, 1.54) is 18.5 Å². The molecule has 0 aliphatic carbocycles. The number of phenolic OH excluding ortho intramolecular Hbond substituents is 1. The third-order valence-corrected chi connectivity index (χ3v) is 7.22. The number of aromatic hydroxyl groups is 1. The standard InChI is InChI=1S/C27H30FN9O2/c1-15(2)35-7-5-20(6-8-35)39-27-24-16(3)4-9-36(24)33-21(32-27)13-37-26-22(25(29)30-14-31-26)23(34-37)17-10-18(28)12-19(38)11-17/h4,9-12,14-15,20,38H,5-8,13H2,1-3H3,(H2,29,30,31). The van der Waals surface area contributed by atoms with Crippen LogP contribution in [0.25, 0.3) is 27.8 Å². The predicted molar refractivity (Wildman–Crippen MR) is 144 cm³/mol. The summed E-state index contributed by atoms with van der Waals surface area (Å²) in [6, 6.07) is 6.22. The molecule has 1 aliphatic rings. The topological polar surface area (TPSA) is 133 Å². The number of piperidine rings is 1. The van der Waals surface area contributed by atoms with E-state index in [0.29, 0.717) is 40.0 Å². The first-order valence-electron chi connectivity index (χ1n) is 13.0. The number of halogens is 1. The Labute approximate surface area is 224 Å². The molecule has 4 aromatic heterocycles. The van der Waals surface area contributed by atoms with Crippen molar-refractivity contribution >= 4 is 22.4 Å². The first kappa shape index (κ1) is 25.0. The largest absolute Gasteiger partial charge is 0.508 e. The summed E-state index contributed by atoms with van der Waals surface area (Å²) in [5.41, 5.74) is 9.19. The molecule has 0 unspecified atom stereocenters. The lowest BCUT2D eigenvalue weighted by molar-refractivity contribution is 0.0817. The molecule has 0 spiro atoms. The van der Waals surface area contributed by atoms with Gasteiger partial charge in [0.05, 0.1) is 5.39 Å². The minimum absolute atomic E-state index is 0.0613. The van der Waals surface area contributed by atoms with Crippen LogP contribution in [0, 0.1) is 12.7 Å². The molecule has 39 heavy (non-hydrogen) atoms. The maximum Gasteiger partial charge on any atom is 0.242 e. The molecule has 5 heterocycles. The number of ether oxygens (including phenoxy) is 1. The first-order chi connectivity index (χ1) is 18.8. The highest BCUT2D eigenvalue weighted by Gasteiger charge is 2.25. The second kappa shape index (κ2) is 9.77. The van der Waals surface area contributed by atoms with Gasteiger partial charge in [0.2, 0.25) is 5.88 Å². The van der Waals surface area contributed by atoms with Crippen molar-refractivity contribution in [3.8, 4) is 22.9 Å². The third kappa shape index (κ3) is 4.71. The van der Waals surface area contributed by atoms with E-state index >= 15 is 0 Å². The molecule has 5 aromatic rings. The van der Waals surface area contributed by atoms with Crippen molar-refractivity contribution in [2.75, 3.05) is 18.8 Å². The number of aryl methyl sites for hydroxylation is 1. The number of benzene rings is 1. The average Bonchev–Trinajstić information content (AvgIpc) is 3.45. The van der Waals surface area contributed by atoms with E-state index in [0.717, 1.165) is 43.1 Å². The van der Waals surface area contributed by atoms with E-state index in [4.69, 9.17) is 20.6 Å². The van der Waals surface area contributed by atoms with Crippen LogP contribution in [0.3, 0.4) is 0 Å². The molecule has 3 N–H and O–H groups in total. The van der Waals surface area contributed by atoms with E-state index < -0.39 is 5.82 Å². The molecule has 1 aliphatic heterocycles. The summed E-state index contributed by atoms with van der Waals surface area (Å²) in [5, 5.41) is 19.8. The number of likely N-dealkylation sites (tertiary alicyclic amines) is 1. The summed E-state index contributed by atoms with van der Waals surface area (Å²) >= 11 is 0. The molecule has 202 valence electrons. The number of hydrogen-bond acceptors (Lipinski definition) is 9. The number of hydrogen-bond donors (Lipinski definition) is 2. The van der Waals surface area contributed by atoms with E-state index in [9.17, 15) is 9.50 Å². The summed E-state index contributed by atoms with van der Waals surface area (Å²) in [6.07, 6.45) is 5.14. The van der Waals surface area contributed by atoms with Crippen molar-refractivity contribution in [3.63, 3.8) is 0 Å². The van der Waals surface area contributed by atoms with Gasteiger partial charge in [-0.2, -0.15) is 15.2 Å². The van der Waals surface area contributed by atoms with E-state index in [1.54, 1.807) is 9.20 Å². The summed E-state index contributed by atoms with van der Waals surface area (Å²) in [6.45, 7) is 8.55. The predicted octanol–water partition coefficient (Wildman–Crippen LogP) is 3.57. The highest BCUT2D eigenvalue weighted by molar-refractivity contribution is 5.98. The smallest absolute Gasteiger partial charge is 0.242 e. The molecular formula is C27H30FN9O2. The van der Waals surface area contributed by atoms with E-state index in [2.05, 4.69) is 33.8 Å². The maximum atomic E-state index is 14.1. The Morgan fingerprint density at radius 1 is 1.15 bits per heavy atom. The van der Waals surface area contributed by atoms with Crippen LogP contribution in [0.2, 0.25) is 0 Å². The molecule has 0 radical (unpaired) electrons. The number of aromatic nitrogens is 7. The fourth-order valence-corrected chi connectivity index (χ4v) is 5.19. The summed E-state index contributed by atoms with van der Waals surface area (Å²) in [7, 11) is 0. The van der Waals surface area contributed by atoms with Gasteiger partial charge in [-0.3, -0.25) is 0 Å². The lowest BCUT2D eigenvalue weighted by Crippen LogP contribution is -2.41. The Bertz CT molecular complexity index is 1650. The Morgan fingerprint density at radius 3 is 2.69 bits per heavy atom. The van der Waals surface area contributed by atoms with Gasteiger partial charge in [0.25, 0.3) is 0 Å². The molecule has 1 saturated heterocycles. The zero-order valence-electron chi connectivity index (χ0n) is 22.0. The minimum atomic E-state index is -0.596. The summed E-state index contributed by atoms with van der Waals surface area (Å²) < 4.78 is 24.0. The SMILES string of the molecule is Cc1ccn2nc(Cn3nc(-c4cc(O)cc(F)c4)c4c(N)ncnc43)nc(OC3CCN(C(C)C)CC3)c12. The van der Waals surface area contributed by atoms with Crippen LogP contribution >= 0.6 is 0 Å². The number of nitrogens with two attached hydrogens (primary N) is 1. The maximum absolute atomic E-state index is 14.1. The number of nitrogens with zero attached hydrogens (tertiary/aromatic N) is 8. The molecule has 0 amide bonds. The fraction of sp³-hybridized carbons (Fsp3) is 0.370. The Morgan fingerprint density at radius 2 is 1.95 bits per heavy atom. The van der Waals surface area contributed by atoms with Crippen LogP contribution in [0.4, 0.5) is 10.2 Å². The second-order valence-corrected chi connectivity index (χ2v) is 10.2. The third-order valence-electron chi connectivity index (χ3n) is 7.22. The normalized spacial score (nSPS) is 15.1. The van der Waals surface area contributed by atoms with Crippen molar-refractivity contribution in [2.24, 2.45) is 0 Å². The number of rotatable bonds is 6. The fourth-order valence-electron chi connectivity index (χ4n) is 5.19. The van der Waals surface area contributed by atoms with Crippen LogP contribution in [0.5, 0.6) is 11.6 Å². The molecule has 6 rings (SSSR count). The van der Waals surface area contributed by atoms with Crippen molar-refractivity contribution in [2.45, 2.75) is 52.3 Å². The average molecular weight is 532 g/mol. The second-order valence-electron chi connectivity index (χ2n) is 10.2. The number of nitrogen functional groups attached to an aromatic ring is 1. The van der Waals surface area contributed by atoms with Gasteiger partial charge >= 0.3 is 0 Å². The lowest BCUT2D eigenvalue weighted by Gasteiger charge is -2.34. The zero-order valence-corrected chi connectivity index (χ0v) is 22.0. The highest BCUT2D eigenvalue weighted by atomic mass is 19.1. The molecule has 12 heteroatoms. The van der Waals surface area contributed by atoms with Crippen molar-refractivity contribution in [1.82, 2.24) is 39.2 Å². The van der Waals surface area contributed by atoms with Gasteiger partial charge in [-0.25, -0.2) is 23.6 Å². The Kier molecular flexibility index (Phi) is 6.26. The molecule has 0 atom stereocenters. The summed E-state index contributed by atoms with van der Waals surface area (Å²) in [5.74, 6) is 0.371. The summed E-state index contributed by atoms with van der Waals surface area (Å²) in [4.78, 5) is 15.8. The number of fused-ring (bicyclic) bond motifs is 2. The van der Waals surface area contributed by atoms with Crippen molar-refractivity contribution in [1.29, 1.82) is 0 Å². The van der Waals surface area contributed by atoms with Gasteiger partial charge in [-0.1, -0.05) is 0 Å². The van der Waals surface area contributed by atoms with Crippen molar-refractivity contribution < 1.29 is 14.2 Å². The molecule has 0 saturated carbocycles. The monoisotopic (exact) mass is 531 g/mol. The molecule has 0 bridgehead atoms. The minimum Gasteiger partial charge on any atom is -0.508 e. The molecule has 1 fully saturated rings. The van der Waals surface area contributed by atoms with Crippen LogP contribution < -0.4 is 10.5 Å². The Hall–Kier alpha value is -4.32. The van der Waals surface area contributed by atoms with Gasteiger partial charge in [-0.15, -0.1) is 0 Å². The van der Waals surface area contributed by atoms with Crippen molar-refractivity contribution in [3.05, 3.63) is 54.0 Å². The molecule has 1 aromatic carbocycles. The van der Waals surface area contributed by atoms with Crippen LogP contribution in [0.1, 0.15) is 38.1 Å². The first-order valence-corrected chi connectivity index (χ1v) is 13.0. The Balaban J connectivity index is 1.38. The quantitative estimate of drug-likeness (QED) is 0.337. The number of anilines is 1. The van der Waals surface area contributed by atoms with Gasteiger partial charge < -0.3 is 20.5 Å². The van der Waals surface area contributed by atoms with Gasteiger partial charge in [0, 0.05) is 37.0 Å². The van der Waals surface area contributed by atoms with Gasteiger partial charge in [0.1, 0.15) is 47.6 Å². The van der Waals surface area contributed by atoms with Crippen LogP contribution in [-0.4, -0.2) is 69.6 Å². The van der Waals surface area contributed by atoms with E-state index in [1.807, 2.05) is 19.2 Å². The number of phenols is 1. The highest BCUT2D eigenvalue weighted by Crippen LogP contribution is 2.33. The zero-order chi connectivity index (χ0) is 27.3. The van der Waals surface area contributed by atoms with Gasteiger partial charge in [0.15, 0.2) is 11.5 Å². The van der Waals surface area contributed by atoms with E-state index in [-0.39, 0.29) is 24.2 Å². The molecular weight excluding hydrogens is 501 g/mol. The van der Waals surface area contributed by atoms with Crippen LogP contribution in [-0.2, 0) is 6.54 Å². The van der Waals surface area contributed by atoms with Gasteiger partial charge in [-0.05, 0) is 57.4 Å². The van der Waals surface area contributed by atoms with Crippen LogP contribution in [0.15, 0.2) is 36.8 Å². The lowest BCUT2D eigenvalue weighted by atomic mass is 10.1.